The molecule has 1 atom stereocenters. The van der Waals surface area contributed by atoms with Crippen LogP contribution >= 0.6 is 0 Å². The topological polar surface area (TPSA) is 134 Å². The molecule has 0 unspecified atom stereocenters. The van der Waals surface area contributed by atoms with Crippen molar-refractivity contribution < 1.29 is 26.8 Å². The predicted molar refractivity (Wildman–Crippen MR) is 133 cm³/mol. The van der Waals surface area contributed by atoms with Gasteiger partial charge in [0.15, 0.2) is 5.69 Å². The van der Waals surface area contributed by atoms with Gasteiger partial charge in [0.1, 0.15) is 33.0 Å². The molecule has 2 aromatic carbocycles. The number of hydrogen-bond donors (Lipinski definition) is 2. The molecule has 0 aliphatic carbocycles. The zero-order valence-electron chi connectivity index (χ0n) is 20.8. The SMILES string of the molecule is CC(C)(C)[C@H](NC(=O)c1nn(Cc2ccc(C#N)cc2F)c2c(F)cccc12)C(=O)NCCS(C)(=O)=O. The second-order valence-corrected chi connectivity index (χ2v) is 12.0. The average molecular weight is 532 g/mol. The van der Waals surface area contributed by atoms with Crippen LogP contribution in [0.4, 0.5) is 8.78 Å². The molecule has 0 radical (unpaired) electrons. The number of halogens is 2. The molecule has 0 fully saturated rings. The number of fused-ring (bicyclic) bond motifs is 1. The molecular weight excluding hydrogens is 504 g/mol. The molecule has 0 bridgehead atoms. The predicted octanol–water partition coefficient (Wildman–Crippen LogP) is 2.54. The van der Waals surface area contributed by atoms with Crippen LogP contribution in [0.3, 0.4) is 0 Å². The van der Waals surface area contributed by atoms with E-state index in [1.165, 1.54) is 30.3 Å². The fourth-order valence-electron chi connectivity index (χ4n) is 3.72. The van der Waals surface area contributed by atoms with Crippen LogP contribution in [0.25, 0.3) is 10.9 Å². The Labute approximate surface area is 213 Å². The molecule has 1 heterocycles. The van der Waals surface area contributed by atoms with Crippen molar-refractivity contribution in [2.75, 3.05) is 18.6 Å². The van der Waals surface area contributed by atoms with Gasteiger partial charge < -0.3 is 10.6 Å². The standard InChI is InChI=1S/C25H27F2N5O4S/c1-25(2,3)22(24(34)29-10-11-37(4,35)36)30-23(33)20-17-6-5-7-18(26)21(17)32(31-20)14-16-9-8-15(13-28)12-19(16)27/h5-9,12,22H,10-11,14H2,1-4H3,(H,29,34)(H,30,33)/t22-/m1/s1. The number of aromatic nitrogens is 2. The first-order chi connectivity index (χ1) is 17.2. The highest BCUT2D eigenvalue weighted by atomic mass is 32.2. The van der Waals surface area contributed by atoms with Crippen molar-refractivity contribution in [3.63, 3.8) is 0 Å². The summed E-state index contributed by atoms with van der Waals surface area (Å²) in [5, 5.41) is 18.5. The third-order valence-corrected chi connectivity index (χ3v) is 6.56. The van der Waals surface area contributed by atoms with Gasteiger partial charge in [-0.05, 0) is 23.6 Å². The molecular formula is C25H27F2N5O4S. The lowest BCUT2D eigenvalue weighted by molar-refractivity contribution is -0.125. The van der Waals surface area contributed by atoms with Crippen molar-refractivity contribution in [3.8, 4) is 6.07 Å². The summed E-state index contributed by atoms with van der Waals surface area (Å²) >= 11 is 0. The maximum Gasteiger partial charge on any atom is 0.273 e. The molecule has 196 valence electrons. The fourth-order valence-corrected chi connectivity index (χ4v) is 4.19. The van der Waals surface area contributed by atoms with Gasteiger partial charge in [-0.3, -0.25) is 14.3 Å². The zero-order valence-corrected chi connectivity index (χ0v) is 21.6. The van der Waals surface area contributed by atoms with E-state index in [2.05, 4.69) is 15.7 Å². The van der Waals surface area contributed by atoms with Crippen LogP contribution in [0.5, 0.6) is 0 Å². The summed E-state index contributed by atoms with van der Waals surface area (Å²) in [6, 6.07) is 8.72. The van der Waals surface area contributed by atoms with Crippen molar-refractivity contribution in [2.24, 2.45) is 5.41 Å². The Bertz CT molecular complexity index is 1500. The summed E-state index contributed by atoms with van der Waals surface area (Å²) in [7, 11) is -3.30. The van der Waals surface area contributed by atoms with Gasteiger partial charge in [0.2, 0.25) is 5.91 Å². The maximum atomic E-state index is 14.8. The number of carbonyl (C=O) groups is 2. The minimum Gasteiger partial charge on any atom is -0.353 e. The number of nitriles is 1. The zero-order chi connectivity index (χ0) is 27.5. The van der Waals surface area contributed by atoms with E-state index in [0.717, 1.165) is 17.0 Å². The highest BCUT2D eigenvalue weighted by molar-refractivity contribution is 7.90. The van der Waals surface area contributed by atoms with E-state index >= 15 is 0 Å². The van der Waals surface area contributed by atoms with Gasteiger partial charge in [0.05, 0.1) is 23.9 Å². The normalized spacial score (nSPS) is 12.7. The van der Waals surface area contributed by atoms with Crippen molar-refractivity contribution in [3.05, 3.63) is 64.9 Å². The van der Waals surface area contributed by atoms with Crippen LogP contribution in [-0.2, 0) is 21.2 Å². The Morgan fingerprint density at radius 3 is 2.46 bits per heavy atom. The fraction of sp³-hybridized carbons (Fsp3) is 0.360. The molecule has 1 aromatic heterocycles. The molecule has 37 heavy (non-hydrogen) atoms. The third kappa shape index (κ3) is 6.68. The van der Waals surface area contributed by atoms with Gasteiger partial charge in [-0.25, -0.2) is 17.2 Å². The molecule has 0 aliphatic heterocycles. The Morgan fingerprint density at radius 2 is 1.86 bits per heavy atom. The second kappa shape index (κ2) is 10.6. The summed E-state index contributed by atoms with van der Waals surface area (Å²) < 4.78 is 53.2. The first kappa shape index (κ1) is 27.7. The monoisotopic (exact) mass is 531 g/mol. The number of carbonyl (C=O) groups excluding carboxylic acids is 2. The van der Waals surface area contributed by atoms with E-state index in [-0.39, 0.29) is 46.6 Å². The Kier molecular flexibility index (Phi) is 7.97. The number of nitrogens with zero attached hydrogens (tertiary/aromatic N) is 3. The quantitative estimate of drug-likeness (QED) is 0.459. The van der Waals surface area contributed by atoms with Gasteiger partial charge in [0.25, 0.3) is 5.91 Å². The van der Waals surface area contributed by atoms with E-state index < -0.39 is 44.7 Å². The summed E-state index contributed by atoms with van der Waals surface area (Å²) in [6.07, 6.45) is 1.05. The number of para-hydroxylation sites is 1. The number of rotatable bonds is 8. The van der Waals surface area contributed by atoms with Crippen molar-refractivity contribution in [1.29, 1.82) is 5.26 Å². The Morgan fingerprint density at radius 1 is 1.16 bits per heavy atom. The van der Waals surface area contributed by atoms with E-state index in [4.69, 9.17) is 5.26 Å². The Hall–Kier alpha value is -3.85. The number of nitrogens with one attached hydrogen (secondary N) is 2. The largest absolute Gasteiger partial charge is 0.353 e. The van der Waals surface area contributed by atoms with Crippen molar-refractivity contribution in [2.45, 2.75) is 33.4 Å². The minimum atomic E-state index is -3.30. The van der Waals surface area contributed by atoms with Crippen LogP contribution < -0.4 is 10.6 Å². The molecule has 12 heteroatoms. The second-order valence-electron chi connectivity index (χ2n) is 9.75. The number of hydrogen-bond acceptors (Lipinski definition) is 6. The molecule has 0 spiro atoms. The molecule has 3 aromatic rings. The van der Waals surface area contributed by atoms with Crippen LogP contribution in [0.2, 0.25) is 0 Å². The molecule has 0 saturated carbocycles. The molecule has 2 N–H and O–H groups in total. The van der Waals surface area contributed by atoms with Gasteiger partial charge in [-0.1, -0.05) is 39.0 Å². The maximum absolute atomic E-state index is 14.8. The van der Waals surface area contributed by atoms with Gasteiger partial charge in [0, 0.05) is 23.8 Å². The van der Waals surface area contributed by atoms with E-state index in [0.29, 0.717) is 0 Å². The van der Waals surface area contributed by atoms with E-state index in [1.54, 1.807) is 20.8 Å². The summed E-state index contributed by atoms with van der Waals surface area (Å²) in [6.45, 7) is 4.82. The highest BCUT2D eigenvalue weighted by Crippen LogP contribution is 2.25. The molecule has 0 saturated heterocycles. The van der Waals surface area contributed by atoms with Crippen molar-refractivity contribution in [1.82, 2.24) is 20.4 Å². The summed E-state index contributed by atoms with van der Waals surface area (Å²) in [5.41, 5.74) is -0.694. The smallest absolute Gasteiger partial charge is 0.273 e. The third-order valence-electron chi connectivity index (χ3n) is 5.61. The van der Waals surface area contributed by atoms with E-state index in [9.17, 15) is 26.8 Å². The lowest BCUT2D eigenvalue weighted by atomic mass is 9.86. The average Bonchev–Trinajstić information content (AvgIpc) is 3.16. The number of benzene rings is 2. The molecule has 2 amide bonds. The van der Waals surface area contributed by atoms with E-state index in [1.807, 2.05) is 6.07 Å². The molecule has 0 aliphatic rings. The molecule has 3 rings (SSSR count). The lowest BCUT2D eigenvalue weighted by Gasteiger charge is -2.30. The van der Waals surface area contributed by atoms with Gasteiger partial charge >= 0.3 is 0 Å². The molecule has 9 nitrogen and oxygen atoms in total. The highest BCUT2D eigenvalue weighted by Gasteiger charge is 2.34. The van der Waals surface area contributed by atoms with Gasteiger partial charge in [-0.2, -0.15) is 10.4 Å². The van der Waals surface area contributed by atoms with Crippen molar-refractivity contribution >= 4 is 32.6 Å². The van der Waals surface area contributed by atoms with Crippen LogP contribution in [0.15, 0.2) is 36.4 Å². The van der Waals surface area contributed by atoms with Crippen LogP contribution in [0.1, 0.15) is 42.4 Å². The van der Waals surface area contributed by atoms with Gasteiger partial charge in [-0.15, -0.1) is 0 Å². The lowest BCUT2D eigenvalue weighted by Crippen LogP contribution is -2.54. The minimum absolute atomic E-state index is 0.0266. The number of amides is 2. The number of sulfone groups is 1. The first-order valence-electron chi connectivity index (χ1n) is 11.3. The Balaban J connectivity index is 1.94. The summed E-state index contributed by atoms with van der Waals surface area (Å²) in [5.74, 6) is -2.96. The van der Waals surface area contributed by atoms with Crippen LogP contribution in [0, 0.1) is 28.4 Å². The first-order valence-corrected chi connectivity index (χ1v) is 13.4. The van der Waals surface area contributed by atoms with Crippen LogP contribution in [-0.4, -0.2) is 54.6 Å². The summed E-state index contributed by atoms with van der Waals surface area (Å²) in [4.78, 5) is 26.1.